The Hall–Kier alpha value is -1.39. The first-order valence-corrected chi connectivity index (χ1v) is 6.05. The van der Waals surface area contributed by atoms with Gasteiger partial charge in [-0.05, 0) is 34.1 Å². The number of nitrogens with zero attached hydrogens (tertiary/aromatic N) is 1. The third kappa shape index (κ3) is 3.05. The van der Waals surface area contributed by atoms with Gasteiger partial charge < -0.3 is 10.1 Å². The minimum Gasteiger partial charge on any atom is -0.380 e. The normalized spacial score (nSPS) is 10.2. The van der Waals surface area contributed by atoms with Gasteiger partial charge in [0.1, 0.15) is 5.82 Å². The molecule has 1 aromatic heterocycles. The summed E-state index contributed by atoms with van der Waals surface area (Å²) in [5.74, 6) is 0.802. The molecule has 2 aromatic rings. The van der Waals surface area contributed by atoms with E-state index in [1.165, 1.54) is 0 Å². The van der Waals surface area contributed by atoms with E-state index in [9.17, 15) is 0 Å². The molecule has 0 atom stereocenters. The highest BCUT2D eigenvalue weighted by molar-refractivity contribution is 9.10. The van der Waals surface area contributed by atoms with Crippen LogP contribution in [0.5, 0.6) is 0 Å². The lowest BCUT2D eigenvalue weighted by molar-refractivity contribution is 0.185. The summed E-state index contributed by atoms with van der Waals surface area (Å²) in [4.78, 5) is 4.28. The number of hydrogen-bond donors (Lipinski definition) is 1. The third-order valence-corrected chi connectivity index (χ3v) is 2.97. The van der Waals surface area contributed by atoms with Crippen LogP contribution in [-0.4, -0.2) is 12.1 Å². The second kappa shape index (κ2) is 5.80. The molecule has 0 spiro atoms. The number of para-hydroxylation sites is 1. The van der Waals surface area contributed by atoms with Crippen LogP contribution in [0.1, 0.15) is 5.56 Å². The highest BCUT2D eigenvalue weighted by Crippen LogP contribution is 2.25. The largest absolute Gasteiger partial charge is 0.380 e. The van der Waals surface area contributed by atoms with E-state index >= 15 is 0 Å². The number of hydrogen-bond acceptors (Lipinski definition) is 3. The maximum atomic E-state index is 5.16. The van der Waals surface area contributed by atoms with Gasteiger partial charge >= 0.3 is 0 Å². The predicted octanol–water partition coefficient (Wildman–Crippen LogP) is 3.73. The number of ether oxygens (including phenoxy) is 1. The van der Waals surface area contributed by atoms with Gasteiger partial charge in [0.05, 0.1) is 11.1 Å². The average Bonchev–Trinajstić information content (AvgIpc) is 2.35. The second-order valence-electron chi connectivity index (χ2n) is 3.55. The van der Waals surface area contributed by atoms with Crippen LogP contribution in [0.25, 0.3) is 0 Å². The van der Waals surface area contributed by atoms with Crippen molar-refractivity contribution in [2.45, 2.75) is 6.61 Å². The van der Waals surface area contributed by atoms with E-state index in [1.807, 2.05) is 36.4 Å². The number of pyridine rings is 1. The molecule has 17 heavy (non-hydrogen) atoms. The minimum atomic E-state index is 0.577. The van der Waals surface area contributed by atoms with Crippen molar-refractivity contribution in [1.29, 1.82) is 0 Å². The Bertz CT molecular complexity index is 502. The van der Waals surface area contributed by atoms with Crippen molar-refractivity contribution in [3.8, 4) is 0 Å². The molecule has 4 heteroatoms. The van der Waals surface area contributed by atoms with Crippen molar-refractivity contribution < 1.29 is 4.74 Å². The molecular formula is C13H13BrN2O. The number of anilines is 2. The molecule has 0 unspecified atom stereocenters. The van der Waals surface area contributed by atoms with Gasteiger partial charge in [-0.2, -0.15) is 0 Å². The summed E-state index contributed by atoms with van der Waals surface area (Å²) in [6.45, 7) is 0.577. The van der Waals surface area contributed by atoms with E-state index in [0.29, 0.717) is 6.61 Å². The second-order valence-corrected chi connectivity index (χ2v) is 4.40. The Morgan fingerprint density at radius 3 is 2.82 bits per heavy atom. The molecule has 0 aliphatic heterocycles. The quantitative estimate of drug-likeness (QED) is 0.932. The van der Waals surface area contributed by atoms with Gasteiger partial charge in [-0.3, -0.25) is 0 Å². The van der Waals surface area contributed by atoms with Crippen molar-refractivity contribution in [3.63, 3.8) is 0 Å². The molecule has 2 rings (SSSR count). The van der Waals surface area contributed by atoms with Gasteiger partial charge in [-0.15, -0.1) is 0 Å². The lowest BCUT2D eigenvalue weighted by Gasteiger charge is -2.11. The molecule has 0 aliphatic carbocycles. The lowest BCUT2D eigenvalue weighted by Crippen LogP contribution is -1.99. The van der Waals surface area contributed by atoms with Crippen LogP contribution in [0.15, 0.2) is 47.1 Å². The number of aromatic nitrogens is 1. The first kappa shape index (κ1) is 12.1. The SMILES string of the molecule is COCc1ccccc1Nc1ncccc1Br. The monoisotopic (exact) mass is 292 g/mol. The van der Waals surface area contributed by atoms with Crippen LogP contribution < -0.4 is 5.32 Å². The van der Waals surface area contributed by atoms with E-state index < -0.39 is 0 Å². The zero-order valence-corrected chi connectivity index (χ0v) is 11.1. The molecule has 0 saturated carbocycles. The Morgan fingerprint density at radius 2 is 2.06 bits per heavy atom. The maximum Gasteiger partial charge on any atom is 0.144 e. The summed E-state index contributed by atoms with van der Waals surface area (Å²) >= 11 is 3.46. The summed E-state index contributed by atoms with van der Waals surface area (Å²) in [7, 11) is 1.69. The topological polar surface area (TPSA) is 34.1 Å². The van der Waals surface area contributed by atoms with Crippen molar-refractivity contribution >= 4 is 27.4 Å². The van der Waals surface area contributed by atoms with Crippen LogP contribution in [0.3, 0.4) is 0 Å². The molecule has 0 aliphatic rings. The Kier molecular flexibility index (Phi) is 4.12. The molecule has 0 saturated heterocycles. The molecule has 0 bridgehead atoms. The van der Waals surface area contributed by atoms with E-state index in [2.05, 4.69) is 26.2 Å². The fraction of sp³-hybridized carbons (Fsp3) is 0.154. The molecular weight excluding hydrogens is 280 g/mol. The number of methoxy groups -OCH3 is 1. The fourth-order valence-electron chi connectivity index (χ4n) is 1.53. The maximum absolute atomic E-state index is 5.16. The average molecular weight is 293 g/mol. The molecule has 0 fully saturated rings. The molecule has 1 N–H and O–H groups in total. The molecule has 1 heterocycles. The van der Waals surface area contributed by atoms with Crippen molar-refractivity contribution in [1.82, 2.24) is 4.98 Å². The summed E-state index contributed by atoms with van der Waals surface area (Å²) in [6.07, 6.45) is 1.76. The van der Waals surface area contributed by atoms with Gasteiger partial charge in [0.15, 0.2) is 0 Å². The van der Waals surface area contributed by atoms with Gasteiger partial charge in [0.25, 0.3) is 0 Å². The number of rotatable bonds is 4. The highest BCUT2D eigenvalue weighted by atomic mass is 79.9. The summed E-state index contributed by atoms with van der Waals surface area (Å²) in [6, 6.07) is 11.9. The zero-order chi connectivity index (χ0) is 12.1. The smallest absolute Gasteiger partial charge is 0.144 e. The lowest BCUT2D eigenvalue weighted by atomic mass is 10.2. The van der Waals surface area contributed by atoms with E-state index in [0.717, 1.165) is 21.5 Å². The first-order valence-electron chi connectivity index (χ1n) is 5.25. The fourth-order valence-corrected chi connectivity index (χ4v) is 1.88. The van der Waals surface area contributed by atoms with E-state index in [4.69, 9.17) is 4.74 Å². The summed E-state index contributed by atoms with van der Waals surface area (Å²) in [5.41, 5.74) is 2.11. The van der Waals surface area contributed by atoms with Crippen LogP contribution >= 0.6 is 15.9 Å². The van der Waals surface area contributed by atoms with Crippen LogP contribution in [-0.2, 0) is 11.3 Å². The van der Waals surface area contributed by atoms with Gasteiger partial charge in [0.2, 0.25) is 0 Å². The third-order valence-electron chi connectivity index (χ3n) is 2.33. The Labute approximate surface area is 109 Å². The first-order chi connectivity index (χ1) is 8.31. The summed E-state index contributed by atoms with van der Waals surface area (Å²) in [5, 5.41) is 3.29. The molecule has 88 valence electrons. The van der Waals surface area contributed by atoms with Crippen molar-refractivity contribution in [2.24, 2.45) is 0 Å². The zero-order valence-electron chi connectivity index (χ0n) is 9.48. The predicted molar refractivity (Wildman–Crippen MR) is 72.4 cm³/mol. The minimum absolute atomic E-state index is 0.577. The van der Waals surface area contributed by atoms with Crippen molar-refractivity contribution in [3.05, 3.63) is 52.6 Å². The Balaban J connectivity index is 2.27. The van der Waals surface area contributed by atoms with Crippen LogP contribution in [0, 0.1) is 0 Å². The number of nitrogens with one attached hydrogen (secondary N) is 1. The Morgan fingerprint density at radius 1 is 1.24 bits per heavy atom. The van der Waals surface area contributed by atoms with Gasteiger partial charge in [-0.1, -0.05) is 18.2 Å². The van der Waals surface area contributed by atoms with Gasteiger partial charge in [0, 0.05) is 24.6 Å². The molecule has 1 aromatic carbocycles. The standard InChI is InChI=1S/C13H13BrN2O/c1-17-9-10-5-2-3-7-12(10)16-13-11(14)6-4-8-15-13/h2-8H,9H2,1H3,(H,15,16). The summed E-state index contributed by atoms with van der Waals surface area (Å²) < 4.78 is 6.10. The van der Waals surface area contributed by atoms with Gasteiger partial charge in [-0.25, -0.2) is 4.98 Å². The highest BCUT2D eigenvalue weighted by Gasteiger charge is 2.04. The molecule has 0 amide bonds. The number of halogens is 1. The molecule has 3 nitrogen and oxygen atoms in total. The van der Waals surface area contributed by atoms with E-state index in [1.54, 1.807) is 13.3 Å². The van der Waals surface area contributed by atoms with E-state index in [-0.39, 0.29) is 0 Å². The van der Waals surface area contributed by atoms with Crippen molar-refractivity contribution in [2.75, 3.05) is 12.4 Å². The van der Waals surface area contributed by atoms with Crippen LogP contribution in [0.2, 0.25) is 0 Å². The number of benzene rings is 1. The van der Waals surface area contributed by atoms with Crippen LogP contribution in [0.4, 0.5) is 11.5 Å². The molecule has 0 radical (unpaired) electrons.